The van der Waals surface area contributed by atoms with E-state index in [1.54, 1.807) is 50.3 Å². The largest absolute Gasteiger partial charge is 0.497 e. The molecule has 2 fully saturated rings. The van der Waals surface area contributed by atoms with E-state index in [2.05, 4.69) is 9.80 Å². The van der Waals surface area contributed by atoms with Crippen LogP contribution < -0.4 is 19.1 Å². The molecular formula is C42H44Cl2F3N5O5. The van der Waals surface area contributed by atoms with Crippen LogP contribution in [0.25, 0.3) is 0 Å². The smallest absolute Gasteiger partial charge is 0.416 e. The number of methoxy groups -OCH3 is 2. The maximum Gasteiger partial charge on any atom is 0.416 e. The zero-order valence-corrected chi connectivity index (χ0v) is 33.4. The second-order valence-electron chi connectivity index (χ2n) is 13.9. The number of amidine groups is 1. The normalized spacial score (nSPS) is 19.6. The predicted octanol–water partition coefficient (Wildman–Crippen LogP) is 7.98. The fourth-order valence-corrected chi connectivity index (χ4v) is 7.96. The molecule has 3 aliphatic heterocycles. The van der Waals surface area contributed by atoms with Gasteiger partial charge in [-0.1, -0.05) is 47.5 Å². The van der Waals surface area contributed by atoms with Crippen LogP contribution in [0.3, 0.4) is 0 Å². The van der Waals surface area contributed by atoms with E-state index in [-0.39, 0.29) is 18.3 Å². The fourth-order valence-electron chi connectivity index (χ4n) is 7.71. The minimum atomic E-state index is -4.61. The number of piperazine rings is 1. The Bertz CT molecular complexity index is 2030. The van der Waals surface area contributed by atoms with Gasteiger partial charge in [-0.2, -0.15) is 13.2 Å². The van der Waals surface area contributed by atoms with Gasteiger partial charge in [0.25, 0.3) is 5.91 Å². The van der Waals surface area contributed by atoms with Crippen molar-refractivity contribution in [2.45, 2.75) is 31.3 Å². The fraction of sp³-hybridized carbons (Fsp3) is 0.381. The molecule has 0 N–H and O–H groups in total. The number of carbonyl (C=O) groups excluding carboxylic acids is 1. The van der Waals surface area contributed by atoms with Crippen molar-refractivity contribution in [3.63, 3.8) is 0 Å². The van der Waals surface area contributed by atoms with Crippen LogP contribution in [0.4, 0.5) is 18.9 Å². The number of rotatable bonds is 11. The molecular weight excluding hydrogens is 782 g/mol. The zero-order valence-electron chi connectivity index (χ0n) is 31.8. The van der Waals surface area contributed by atoms with E-state index in [9.17, 15) is 13.2 Å². The van der Waals surface area contributed by atoms with E-state index in [1.807, 2.05) is 47.4 Å². The third-order valence-corrected chi connectivity index (χ3v) is 11.0. The van der Waals surface area contributed by atoms with E-state index in [4.69, 9.17) is 47.1 Å². The highest BCUT2D eigenvalue weighted by molar-refractivity contribution is 6.30. The Balaban J connectivity index is 1.39. The van der Waals surface area contributed by atoms with Crippen molar-refractivity contribution in [2.24, 2.45) is 4.99 Å². The van der Waals surface area contributed by atoms with Crippen molar-refractivity contribution >= 4 is 40.6 Å². The SMILES string of the molecule is CCOc1cc(C(F)(F)F)ccc1C1=NC(c2ccc(Cl)cc2)C(c2ccc(Cl)cc2)N1C(C(=O)N1CCOCC1)N1CCN(c2cc(OC)cc(OC)c2)CC1. The number of hydrogen-bond acceptors (Lipinski definition) is 9. The van der Waals surface area contributed by atoms with Crippen LogP contribution in [-0.2, 0) is 15.7 Å². The molecule has 0 radical (unpaired) electrons. The number of ether oxygens (including phenoxy) is 4. The molecule has 0 bridgehead atoms. The maximum absolute atomic E-state index is 15.3. The van der Waals surface area contributed by atoms with E-state index in [0.29, 0.717) is 85.4 Å². The van der Waals surface area contributed by atoms with Crippen LogP contribution in [0, 0.1) is 0 Å². The number of alkyl halides is 3. The summed E-state index contributed by atoms with van der Waals surface area (Å²) in [4.78, 5) is 28.7. The molecule has 57 heavy (non-hydrogen) atoms. The number of anilines is 1. The highest BCUT2D eigenvalue weighted by Gasteiger charge is 2.49. The lowest BCUT2D eigenvalue weighted by Gasteiger charge is -2.47. The molecule has 1 amide bonds. The zero-order chi connectivity index (χ0) is 40.3. The topological polar surface area (TPSA) is 79.3 Å². The molecule has 0 saturated carbocycles. The minimum Gasteiger partial charge on any atom is -0.497 e. The lowest BCUT2D eigenvalue weighted by molar-refractivity contribution is -0.147. The van der Waals surface area contributed by atoms with Crippen molar-refractivity contribution in [3.8, 4) is 17.2 Å². The molecule has 3 heterocycles. The van der Waals surface area contributed by atoms with Crippen LogP contribution >= 0.6 is 23.2 Å². The summed E-state index contributed by atoms with van der Waals surface area (Å²) >= 11 is 12.8. The van der Waals surface area contributed by atoms with E-state index in [1.165, 1.54) is 6.07 Å². The number of nitrogens with zero attached hydrogens (tertiary/aromatic N) is 5. The highest BCUT2D eigenvalue weighted by Crippen LogP contribution is 2.47. The van der Waals surface area contributed by atoms with Crippen molar-refractivity contribution in [1.29, 1.82) is 0 Å². The lowest BCUT2D eigenvalue weighted by Crippen LogP contribution is -2.64. The first kappa shape index (κ1) is 40.5. The number of amides is 1. The molecule has 0 aliphatic carbocycles. The van der Waals surface area contributed by atoms with Gasteiger partial charge in [-0.3, -0.25) is 14.7 Å². The van der Waals surface area contributed by atoms with Gasteiger partial charge >= 0.3 is 6.18 Å². The monoisotopic (exact) mass is 825 g/mol. The van der Waals surface area contributed by atoms with Gasteiger partial charge in [-0.05, 0) is 60.5 Å². The third-order valence-electron chi connectivity index (χ3n) is 10.5. The van der Waals surface area contributed by atoms with Crippen molar-refractivity contribution in [2.75, 3.05) is 78.2 Å². The standard InChI is InChI=1S/C42H44Cl2F3N5O5/c1-4-57-36-23-29(42(45,46)47)9-14-35(36)39-48-37(27-5-10-30(43)11-6-27)38(28-7-12-31(44)13-8-28)52(39)40(41(53)51-19-21-56-22-20-51)50-17-15-49(16-18-50)32-24-33(54-2)26-34(25-32)55-3/h5-14,23-26,37-38,40H,4,15-22H2,1-3H3. The minimum absolute atomic E-state index is 0.0112. The summed E-state index contributed by atoms with van der Waals surface area (Å²) in [5.74, 6) is 1.50. The van der Waals surface area contributed by atoms with E-state index >= 15 is 4.79 Å². The average Bonchev–Trinajstić information content (AvgIpc) is 3.61. The van der Waals surface area contributed by atoms with Gasteiger partial charge in [0.2, 0.25) is 0 Å². The summed E-state index contributed by atoms with van der Waals surface area (Å²) in [5, 5.41) is 1.06. The van der Waals surface area contributed by atoms with Crippen LogP contribution in [0.15, 0.2) is 89.9 Å². The molecule has 7 rings (SSSR count). The Morgan fingerprint density at radius 2 is 1.42 bits per heavy atom. The van der Waals surface area contributed by atoms with Gasteiger partial charge in [0.05, 0.1) is 51.2 Å². The summed E-state index contributed by atoms with van der Waals surface area (Å²) in [6, 6.07) is 22.7. The Labute approximate surface area is 340 Å². The molecule has 0 aromatic heterocycles. The molecule has 302 valence electrons. The predicted molar refractivity (Wildman–Crippen MR) is 214 cm³/mol. The van der Waals surface area contributed by atoms with Crippen LogP contribution in [0.2, 0.25) is 10.0 Å². The Hall–Kier alpha value is -4.69. The molecule has 3 unspecified atom stereocenters. The molecule has 3 aliphatic rings. The molecule has 4 aromatic carbocycles. The highest BCUT2D eigenvalue weighted by atomic mass is 35.5. The van der Waals surface area contributed by atoms with E-state index in [0.717, 1.165) is 28.9 Å². The first-order valence-electron chi connectivity index (χ1n) is 18.8. The molecule has 3 atom stereocenters. The van der Waals surface area contributed by atoms with Gasteiger partial charge in [0.15, 0.2) is 6.17 Å². The number of benzene rings is 4. The molecule has 4 aromatic rings. The quantitative estimate of drug-likeness (QED) is 0.151. The Kier molecular flexibility index (Phi) is 12.4. The first-order valence-corrected chi connectivity index (χ1v) is 19.5. The first-order chi connectivity index (χ1) is 27.5. The summed E-state index contributed by atoms with van der Waals surface area (Å²) in [5.41, 5.74) is 2.01. The van der Waals surface area contributed by atoms with Crippen molar-refractivity contribution in [1.82, 2.24) is 14.7 Å². The Morgan fingerprint density at radius 3 is 1.98 bits per heavy atom. The number of halogens is 5. The molecule has 15 heteroatoms. The van der Waals surface area contributed by atoms with Crippen molar-refractivity contribution < 1.29 is 36.9 Å². The lowest BCUT2D eigenvalue weighted by atomic mass is 9.93. The number of hydrogen-bond donors (Lipinski definition) is 0. The number of morpholine rings is 1. The molecule has 10 nitrogen and oxygen atoms in total. The van der Waals surface area contributed by atoms with Gasteiger partial charge < -0.3 is 33.6 Å². The maximum atomic E-state index is 15.3. The summed E-state index contributed by atoms with van der Waals surface area (Å²) in [6.45, 7) is 5.40. The van der Waals surface area contributed by atoms with Crippen LogP contribution in [0.5, 0.6) is 17.2 Å². The van der Waals surface area contributed by atoms with Gasteiger partial charge in [0, 0.05) is 73.2 Å². The third kappa shape index (κ3) is 8.76. The van der Waals surface area contributed by atoms with Gasteiger partial charge in [0.1, 0.15) is 29.1 Å². The number of carbonyl (C=O) groups is 1. The van der Waals surface area contributed by atoms with E-state index < -0.39 is 30.0 Å². The Morgan fingerprint density at radius 1 is 0.825 bits per heavy atom. The van der Waals surface area contributed by atoms with Crippen molar-refractivity contribution in [3.05, 3.63) is 117 Å². The summed E-state index contributed by atoms with van der Waals surface area (Å²) in [6.07, 6.45) is -5.54. The summed E-state index contributed by atoms with van der Waals surface area (Å²) < 4.78 is 65.1. The summed E-state index contributed by atoms with van der Waals surface area (Å²) in [7, 11) is 3.21. The van der Waals surface area contributed by atoms with Crippen LogP contribution in [-0.4, -0.2) is 106 Å². The second kappa shape index (κ2) is 17.4. The molecule has 0 spiro atoms. The van der Waals surface area contributed by atoms with Gasteiger partial charge in [-0.15, -0.1) is 0 Å². The second-order valence-corrected chi connectivity index (χ2v) is 14.8. The van der Waals surface area contributed by atoms with Gasteiger partial charge in [-0.25, -0.2) is 0 Å². The average molecular weight is 827 g/mol. The van der Waals surface area contributed by atoms with Crippen LogP contribution in [0.1, 0.15) is 41.3 Å². The number of aliphatic imine (C=N–C) groups is 1. The molecule has 2 saturated heterocycles.